The number of carboxylic acid groups (broad SMARTS) is 1. The van der Waals surface area contributed by atoms with Crippen LogP contribution in [0, 0.1) is 0 Å². The number of aromatic nitrogens is 2. The number of nitrogens with one attached hydrogen (secondary N) is 1. The van der Waals surface area contributed by atoms with Crippen LogP contribution in [-0.2, 0) is 11.2 Å². The van der Waals surface area contributed by atoms with E-state index in [-0.39, 0.29) is 12.6 Å². The van der Waals surface area contributed by atoms with Crippen LogP contribution in [0.1, 0.15) is 17.2 Å². The van der Waals surface area contributed by atoms with Gasteiger partial charge in [-0.3, -0.25) is 0 Å². The molecule has 0 aliphatic carbocycles. The van der Waals surface area contributed by atoms with Crippen LogP contribution in [0.15, 0.2) is 36.7 Å². The topological polar surface area (TPSA) is 84.3 Å². The second kappa shape index (κ2) is 5.88. The van der Waals surface area contributed by atoms with Gasteiger partial charge in [-0.15, -0.1) is 0 Å². The van der Waals surface area contributed by atoms with Crippen molar-refractivity contribution in [3.05, 3.63) is 47.8 Å². The molecule has 2 N–H and O–H groups in total. The van der Waals surface area contributed by atoms with Gasteiger partial charge in [0.05, 0.1) is 13.2 Å². The lowest BCUT2D eigenvalue weighted by atomic mass is 9.95. The summed E-state index contributed by atoms with van der Waals surface area (Å²) in [4.78, 5) is 19.1. The zero-order valence-corrected chi connectivity index (χ0v) is 11.3. The van der Waals surface area contributed by atoms with Crippen LogP contribution in [-0.4, -0.2) is 34.3 Å². The van der Waals surface area contributed by atoms with Crippen molar-refractivity contribution in [2.75, 3.05) is 13.2 Å². The molecule has 0 saturated carbocycles. The SMILES string of the molecule is O=C(O)NCC1OCCc2cc(-c3ncccn3)ccc21. The van der Waals surface area contributed by atoms with Gasteiger partial charge in [0.15, 0.2) is 5.82 Å². The van der Waals surface area contributed by atoms with Gasteiger partial charge in [0.25, 0.3) is 0 Å². The van der Waals surface area contributed by atoms with Crippen LogP contribution < -0.4 is 5.32 Å². The Morgan fingerprint density at radius 1 is 1.38 bits per heavy atom. The third kappa shape index (κ3) is 3.00. The van der Waals surface area contributed by atoms with Crippen molar-refractivity contribution in [1.82, 2.24) is 15.3 Å². The van der Waals surface area contributed by atoms with Crippen LogP contribution in [0.25, 0.3) is 11.4 Å². The summed E-state index contributed by atoms with van der Waals surface area (Å²) in [5.74, 6) is 0.687. The summed E-state index contributed by atoms with van der Waals surface area (Å²) in [6, 6.07) is 7.75. The first-order chi connectivity index (χ1) is 10.2. The minimum atomic E-state index is -1.04. The van der Waals surface area contributed by atoms with E-state index in [1.54, 1.807) is 18.5 Å². The van der Waals surface area contributed by atoms with Crippen LogP contribution >= 0.6 is 0 Å². The van der Waals surface area contributed by atoms with E-state index in [0.717, 1.165) is 23.1 Å². The smallest absolute Gasteiger partial charge is 0.404 e. The van der Waals surface area contributed by atoms with Gasteiger partial charge in [-0.2, -0.15) is 0 Å². The van der Waals surface area contributed by atoms with Gasteiger partial charge in [0.2, 0.25) is 0 Å². The Hall–Kier alpha value is -2.47. The van der Waals surface area contributed by atoms with E-state index >= 15 is 0 Å². The Bertz CT molecular complexity index is 646. The second-order valence-electron chi connectivity index (χ2n) is 4.78. The lowest BCUT2D eigenvalue weighted by molar-refractivity contribution is 0.0427. The number of ether oxygens (including phenoxy) is 1. The molecule has 6 heteroatoms. The molecule has 2 aromatic rings. The molecule has 0 spiro atoms. The van der Waals surface area contributed by atoms with Gasteiger partial charge in [-0.05, 0) is 29.7 Å². The molecule has 1 aliphatic heterocycles. The Labute approximate surface area is 121 Å². The number of amides is 1. The van der Waals surface area contributed by atoms with Crippen molar-refractivity contribution in [3.8, 4) is 11.4 Å². The number of fused-ring (bicyclic) bond motifs is 1. The van der Waals surface area contributed by atoms with E-state index in [4.69, 9.17) is 9.84 Å². The molecule has 3 rings (SSSR count). The molecule has 2 heterocycles. The van der Waals surface area contributed by atoms with Crippen molar-refractivity contribution in [1.29, 1.82) is 0 Å². The Balaban J connectivity index is 1.87. The van der Waals surface area contributed by atoms with Gasteiger partial charge in [0, 0.05) is 18.0 Å². The Morgan fingerprint density at radius 2 is 2.19 bits per heavy atom. The van der Waals surface area contributed by atoms with Crippen LogP contribution in [0.3, 0.4) is 0 Å². The van der Waals surface area contributed by atoms with E-state index in [1.165, 1.54) is 0 Å². The van der Waals surface area contributed by atoms with Crippen LogP contribution in [0.5, 0.6) is 0 Å². The van der Waals surface area contributed by atoms with Crippen molar-refractivity contribution in [3.63, 3.8) is 0 Å². The molecule has 1 atom stereocenters. The first kappa shape index (κ1) is 13.5. The maximum Gasteiger partial charge on any atom is 0.404 e. The van der Waals surface area contributed by atoms with E-state index in [2.05, 4.69) is 21.4 Å². The zero-order chi connectivity index (χ0) is 14.7. The number of rotatable bonds is 3. The molecule has 0 bridgehead atoms. The van der Waals surface area contributed by atoms with Crippen molar-refractivity contribution >= 4 is 6.09 Å². The van der Waals surface area contributed by atoms with Gasteiger partial charge in [0.1, 0.15) is 6.10 Å². The lowest BCUT2D eigenvalue weighted by Crippen LogP contribution is -2.30. The maximum atomic E-state index is 10.6. The number of benzene rings is 1. The summed E-state index contributed by atoms with van der Waals surface area (Å²) in [6.45, 7) is 0.835. The van der Waals surface area contributed by atoms with Crippen molar-refractivity contribution in [2.24, 2.45) is 0 Å². The lowest BCUT2D eigenvalue weighted by Gasteiger charge is -2.26. The monoisotopic (exact) mass is 285 g/mol. The van der Waals surface area contributed by atoms with Gasteiger partial charge >= 0.3 is 6.09 Å². The Kier molecular flexibility index (Phi) is 3.79. The predicted octanol–water partition coefficient (Wildman–Crippen LogP) is 2.02. The molecule has 0 fully saturated rings. The first-order valence-electron chi connectivity index (χ1n) is 6.72. The molecule has 1 amide bonds. The molecule has 1 aromatic heterocycles. The predicted molar refractivity (Wildman–Crippen MR) is 75.9 cm³/mol. The summed E-state index contributed by atoms with van der Waals surface area (Å²) < 4.78 is 5.64. The molecule has 1 unspecified atom stereocenters. The molecular weight excluding hydrogens is 270 g/mol. The molecule has 21 heavy (non-hydrogen) atoms. The van der Waals surface area contributed by atoms with Gasteiger partial charge in [-0.25, -0.2) is 14.8 Å². The third-order valence-electron chi connectivity index (χ3n) is 3.44. The summed E-state index contributed by atoms with van der Waals surface area (Å²) in [7, 11) is 0. The molecule has 0 saturated heterocycles. The highest BCUT2D eigenvalue weighted by molar-refractivity contribution is 5.64. The molecule has 6 nitrogen and oxygen atoms in total. The average Bonchev–Trinajstić information content (AvgIpc) is 2.53. The summed E-state index contributed by atoms with van der Waals surface area (Å²) in [6.07, 6.45) is 2.95. The van der Waals surface area contributed by atoms with Gasteiger partial charge < -0.3 is 15.2 Å². The minimum absolute atomic E-state index is 0.240. The highest BCUT2D eigenvalue weighted by Gasteiger charge is 2.22. The normalized spacial score (nSPS) is 17.0. The largest absolute Gasteiger partial charge is 0.465 e. The van der Waals surface area contributed by atoms with Crippen LogP contribution in [0.4, 0.5) is 4.79 Å². The fourth-order valence-corrected chi connectivity index (χ4v) is 2.47. The van der Waals surface area contributed by atoms with Gasteiger partial charge in [-0.1, -0.05) is 12.1 Å². The summed E-state index contributed by atoms with van der Waals surface area (Å²) >= 11 is 0. The third-order valence-corrected chi connectivity index (χ3v) is 3.44. The average molecular weight is 285 g/mol. The van der Waals surface area contributed by atoms with Crippen LogP contribution in [0.2, 0.25) is 0 Å². The van der Waals surface area contributed by atoms with E-state index < -0.39 is 6.09 Å². The quantitative estimate of drug-likeness (QED) is 0.901. The first-order valence-corrected chi connectivity index (χ1v) is 6.72. The van der Waals surface area contributed by atoms with E-state index in [9.17, 15) is 4.79 Å². The number of hydrogen-bond acceptors (Lipinski definition) is 4. The van der Waals surface area contributed by atoms with Crippen molar-refractivity contribution in [2.45, 2.75) is 12.5 Å². The highest BCUT2D eigenvalue weighted by atomic mass is 16.5. The minimum Gasteiger partial charge on any atom is -0.465 e. The zero-order valence-electron chi connectivity index (χ0n) is 11.3. The molecular formula is C15H15N3O3. The molecule has 0 radical (unpaired) electrons. The summed E-state index contributed by atoms with van der Waals surface area (Å²) in [5.41, 5.74) is 3.14. The maximum absolute atomic E-state index is 10.6. The molecule has 1 aromatic carbocycles. The Morgan fingerprint density at radius 3 is 2.95 bits per heavy atom. The fourth-order valence-electron chi connectivity index (χ4n) is 2.47. The standard InChI is InChI=1S/C15H15N3O3/c19-15(20)18-9-13-12-3-2-11(8-10(12)4-7-21-13)14-16-5-1-6-17-14/h1-3,5-6,8,13,18H,4,7,9H2,(H,19,20). The number of carbonyl (C=O) groups is 1. The highest BCUT2D eigenvalue weighted by Crippen LogP contribution is 2.29. The number of hydrogen-bond donors (Lipinski definition) is 2. The fraction of sp³-hybridized carbons (Fsp3) is 0.267. The molecule has 108 valence electrons. The second-order valence-corrected chi connectivity index (χ2v) is 4.78. The van der Waals surface area contributed by atoms with E-state index in [0.29, 0.717) is 12.4 Å². The van der Waals surface area contributed by atoms with E-state index in [1.807, 2.05) is 12.1 Å². The molecule has 1 aliphatic rings. The number of nitrogens with zero attached hydrogens (tertiary/aromatic N) is 2. The van der Waals surface area contributed by atoms with Crippen molar-refractivity contribution < 1.29 is 14.6 Å². The summed E-state index contributed by atoms with van der Waals surface area (Å²) in [5, 5.41) is 11.1.